The van der Waals surface area contributed by atoms with Crippen LogP contribution in [0.4, 0.5) is 11.8 Å². The van der Waals surface area contributed by atoms with Crippen LogP contribution in [0.2, 0.25) is 0 Å². The number of methoxy groups -OCH3 is 1. The number of ether oxygens (including phenoxy) is 1. The van der Waals surface area contributed by atoms with Gasteiger partial charge in [0.2, 0.25) is 5.95 Å². The summed E-state index contributed by atoms with van der Waals surface area (Å²) in [6.45, 7) is 3.64. The molecule has 2 aromatic heterocycles. The first kappa shape index (κ1) is 14.1. The van der Waals surface area contributed by atoms with Crippen molar-refractivity contribution in [3.8, 4) is 0 Å². The molecule has 0 unspecified atom stereocenters. The highest BCUT2D eigenvalue weighted by Crippen LogP contribution is 2.24. The lowest BCUT2D eigenvalue weighted by Gasteiger charge is -2.16. The third kappa shape index (κ3) is 2.92. The molecule has 1 aliphatic heterocycles. The fraction of sp³-hybridized carbons (Fsp3) is 0.643. The van der Waals surface area contributed by atoms with Crippen molar-refractivity contribution < 1.29 is 4.74 Å². The summed E-state index contributed by atoms with van der Waals surface area (Å²) in [5, 5.41) is 8.66. The van der Waals surface area contributed by atoms with Crippen LogP contribution in [0.3, 0.4) is 0 Å². The number of anilines is 2. The summed E-state index contributed by atoms with van der Waals surface area (Å²) in [5.74, 6) is 1.67. The Hall–Kier alpha value is -1.89. The number of hydrogen-bond donors (Lipinski definition) is 1. The third-order valence-electron chi connectivity index (χ3n) is 3.79. The van der Waals surface area contributed by atoms with E-state index in [1.54, 1.807) is 11.8 Å². The topological polar surface area (TPSA) is 68.1 Å². The highest BCUT2D eigenvalue weighted by atomic mass is 16.5. The molecular formula is C14H22N6O. The molecule has 114 valence electrons. The predicted octanol–water partition coefficient (Wildman–Crippen LogP) is 1.41. The Kier molecular flexibility index (Phi) is 4.19. The van der Waals surface area contributed by atoms with Crippen molar-refractivity contribution in [3.63, 3.8) is 0 Å². The molecule has 0 amide bonds. The van der Waals surface area contributed by atoms with Gasteiger partial charge in [0.25, 0.3) is 0 Å². The molecular weight excluding hydrogens is 268 g/mol. The van der Waals surface area contributed by atoms with Crippen LogP contribution in [0.15, 0.2) is 6.20 Å². The summed E-state index contributed by atoms with van der Waals surface area (Å²) in [6.07, 6.45) is 5.19. The molecule has 3 rings (SSSR count). The normalized spacial score (nSPS) is 15.0. The molecule has 0 radical (unpaired) electrons. The second-order valence-corrected chi connectivity index (χ2v) is 5.34. The molecule has 0 saturated carbocycles. The van der Waals surface area contributed by atoms with Gasteiger partial charge >= 0.3 is 0 Å². The van der Waals surface area contributed by atoms with E-state index in [0.717, 1.165) is 55.5 Å². The van der Waals surface area contributed by atoms with Gasteiger partial charge in [0.05, 0.1) is 11.6 Å². The highest BCUT2D eigenvalue weighted by molar-refractivity contribution is 5.87. The number of rotatable bonds is 6. The van der Waals surface area contributed by atoms with Crippen molar-refractivity contribution in [2.24, 2.45) is 7.05 Å². The average Bonchev–Trinajstić information content (AvgIpc) is 3.14. The van der Waals surface area contributed by atoms with E-state index in [9.17, 15) is 0 Å². The predicted molar refractivity (Wildman–Crippen MR) is 82.7 cm³/mol. The van der Waals surface area contributed by atoms with E-state index in [1.165, 1.54) is 12.8 Å². The minimum Gasteiger partial charge on any atom is -0.385 e. The number of hydrogen-bond acceptors (Lipinski definition) is 6. The van der Waals surface area contributed by atoms with Gasteiger partial charge < -0.3 is 15.0 Å². The van der Waals surface area contributed by atoms with E-state index < -0.39 is 0 Å². The first-order valence-electron chi connectivity index (χ1n) is 7.47. The fourth-order valence-corrected chi connectivity index (χ4v) is 2.63. The molecule has 0 aliphatic carbocycles. The zero-order chi connectivity index (χ0) is 14.7. The second kappa shape index (κ2) is 6.26. The van der Waals surface area contributed by atoms with Gasteiger partial charge in [-0.25, -0.2) is 0 Å². The molecule has 0 bridgehead atoms. The van der Waals surface area contributed by atoms with Crippen molar-refractivity contribution in [3.05, 3.63) is 6.20 Å². The van der Waals surface area contributed by atoms with Gasteiger partial charge in [-0.15, -0.1) is 0 Å². The van der Waals surface area contributed by atoms with Crippen molar-refractivity contribution in [1.29, 1.82) is 0 Å². The Morgan fingerprint density at radius 1 is 1.29 bits per heavy atom. The van der Waals surface area contributed by atoms with Crippen LogP contribution in [0, 0.1) is 0 Å². The van der Waals surface area contributed by atoms with Gasteiger partial charge in [-0.3, -0.25) is 4.68 Å². The maximum Gasteiger partial charge on any atom is 0.229 e. The Bertz CT molecular complexity index is 605. The smallest absolute Gasteiger partial charge is 0.229 e. The molecule has 0 aromatic carbocycles. The van der Waals surface area contributed by atoms with E-state index in [-0.39, 0.29) is 0 Å². The molecule has 1 saturated heterocycles. The molecule has 7 nitrogen and oxygen atoms in total. The number of nitrogens with one attached hydrogen (secondary N) is 1. The van der Waals surface area contributed by atoms with Crippen LogP contribution in [0.25, 0.3) is 11.0 Å². The summed E-state index contributed by atoms with van der Waals surface area (Å²) in [6, 6.07) is 0. The van der Waals surface area contributed by atoms with Gasteiger partial charge in [0.1, 0.15) is 5.82 Å². The van der Waals surface area contributed by atoms with Crippen LogP contribution in [-0.2, 0) is 11.8 Å². The Labute approximate surface area is 124 Å². The average molecular weight is 290 g/mol. The van der Waals surface area contributed by atoms with Crippen LogP contribution in [-0.4, -0.2) is 53.1 Å². The lowest BCUT2D eigenvalue weighted by Crippen LogP contribution is -2.21. The van der Waals surface area contributed by atoms with E-state index >= 15 is 0 Å². The lowest BCUT2D eigenvalue weighted by atomic mass is 10.3. The van der Waals surface area contributed by atoms with Crippen molar-refractivity contribution in [2.45, 2.75) is 19.3 Å². The summed E-state index contributed by atoms with van der Waals surface area (Å²) in [7, 11) is 3.63. The summed E-state index contributed by atoms with van der Waals surface area (Å²) >= 11 is 0. The molecule has 7 heteroatoms. The van der Waals surface area contributed by atoms with Gasteiger partial charge in [-0.1, -0.05) is 0 Å². The zero-order valence-corrected chi connectivity index (χ0v) is 12.7. The maximum absolute atomic E-state index is 5.08. The number of fused-ring (bicyclic) bond motifs is 1. The zero-order valence-electron chi connectivity index (χ0n) is 12.7. The van der Waals surface area contributed by atoms with E-state index in [1.807, 2.05) is 13.2 Å². The molecule has 1 N–H and O–H groups in total. The highest BCUT2D eigenvalue weighted by Gasteiger charge is 2.18. The number of aromatic nitrogens is 4. The maximum atomic E-state index is 5.08. The van der Waals surface area contributed by atoms with Crippen LogP contribution in [0.5, 0.6) is 0 Å². The minimum atomic E-state index is 0.743. The quantitative estimate of drug-likeness (QED) is 0.811. The summed E-state index contributed by atoms with van der Waals surface area (Å²) in [5.41, 5.74) is 0.876. The molecule has 21 heavy (non-hydrogen) atoms. The van der Waals surface area contributed by atoms with E-state index in [2.05, 4.69) is 20.3 Å². The number of nitrogens with zero attached hydrogens (tertiary/aromatic N) is 5. The van der Waals surface area contributed by atoms with Crippen molar-refractivity contribution in [2.75, 3.05) is 43.6 Å². The second-order valence-electron chi connectivity index (χ2n) is 5.34. The molecule has 0 spiro atoms. The molecule has 3 heterocycles. The molecule has 1 fully saturated rings. The van der Waals surface area contributed by atoms with E-state index in [4.69, 9.17) is 9.72 Å². The van der Waals surface area contributed by atoms with Gasteiger partial charge in [-0.2, -0.15) is 15.1 Å². The Morgan fingerprint density at radius 2 is 2.10 bits per heavy atom. The Balaban J connectivity index is 1.88. The molecule has 1 aliphatic rings. The first-order valence-corrected chi connectivity index (χ1v) is 7.47. The lowest BCUT2D eigenvalue weighted by molar-refractivity contribution is 0.198. The number of aryl methyl sites for hydroxylation is 1. The molecule has 2 aromatic rings. The van der Waals surface area contributed by atoms with Crippen molar-refractivity contribution >= 4 is 22.8 Å². The third-order valence-corrected chi connectivity index (χ3v) is 3.79. The molecule has 0 atom stereocenters. The van der Waals surface area contributed by atoms with Gasteiger partial charge in [0, 0.05) is 40.4 Å². The monoisotopic (exact) mass is 290 g/mol. The van der Waals surface area contributed by atoms with Crippen LogP contribution >= 0.6 is 0 Å². The van der Waals surface area contributed by atoms with Crippen molar-refractivity contribution in [1.82, 2.24) is 19.7 Å². The van der Waals surface area contributed by atoms with Crippen LogP contribution in [0.1, 0.15) is 19.3 Å². The summed E-state index contributed by atoms with van der Waals surface area (Å²) < 4.78 is 6.88. The SMILES string of the molecule is COCCCNc1nc(N2CCCC2)nc2c1cnn2C. The largest absolute Gasteiger partial charge is 0.385 e. The standard InChI is InChI=1S/C14H22N6O/c1-19-13-11(10-16-19)12(15-6-5-9-21-2)17-14(18-13)20-7-3-4-8-20/h10H,3-9H2,1-2H3,(H,15,17,18). The Morgan fingerprint density at radius 3 is 2.86 bits per heavy atom. The minimum absolute atomic E-state index is 0.743. The van der Waals surface area contributed by atoms with Crippen LogP contribution < -0.4 is 10.2 Å². The van der Waals surface area contributed by atoms with E-state index in [0.29, 0.717) is 0 Å². The first-order chi connectivity index (χ1) is 10.3. The van der Waals surface area contributed by atoms with Gasteiger partial charge in [0.15, 0.2) is 5.65 Å². The fourth-order valence-electron chi connectivity index (χ4n) is 2.63. The van der Waals surface area contributed by atoms with Gasteiger partial charge in [-0.05, 0) is 19.3 Å². The summed E-state index contributed by atoms with van der Waals surface area (Å²) in [4.78, 5) is 11.6.